The molecule has 1 aromatic heterocycles. The zero-order chi connectivity index (χ0) is 12.7. The van der Waals surface area contributed by atoms with E-state index in [1.54, 1.807) is 23.1 Å². The Bertz CT molecular complexity index is 315. The standard InChI is InChI=1S/C11H21N3S3/c1-8(2)5-6-12-7-9(3)16-11-14-13-10(15-4)17-11/h8-9,12H,5-7H2,1-4H3. The molecule has 17 heavy (non-hydrogen) atoms. The molecule has 0 spiro atoms. The highest BCUT2D eigenvalue weighted by Gasteiger charge is 2.09. The smallest absolute Gasteiger partial charge is 0.175 e. The van der Waals surface area contributed by atoms with Crippen molar-refractivity contribution in [3.05, 3.63) is 0 Å². The molecule has 0 aliphatic rings. The lowest BCUT2D eigenvalue weighted by Crippen LogP contribution is -2.24. The van der Waals surface area contributed by atoms with E-state index in [9.17, 15) is 0 Å². The molecule has 1 unspecified atom stereocenters. The van der Waals surface area contributed by atoms with Gasteiger partial charge in [-0.1, -0.05) is 55.6 Å². The fraction of sp³-hybridized carbons (Fsp3) is 0.818. The SMILES string of the molecule is CSc1nnc(SC(C)CNCCC(C)C)s1. The monoisotopic (exact) mass is 291 g/mol. The number of aromatic nitrogens is 2. The Labute approximate surface area is 117 Å². The van der Waals surface area contributed by atoms with Crippen LogP contribution >= 0.6 is 34.9 Å². The first-order valence-electron chi connectivity index (χ1n) is 5.86. The van der Waals surface area contributed by atoms with Crippen molar-refractivity contribution in [1.29, 1.82) is 0 Å². The van der Waals surface area contributed by atoms with Gasteiger partial charge in [-0.3, -0.25) is 0 Å². The van der Waals surface area contributed by atoms with Crippen LogP contribution in [0.25, 0.3) is 0 Å². The Morgan fingerprint density at radius 1 is 1.24 bits per heavy atom. The van der Waals surface area contributed by atoms with Crippen LogP contribution in [0, 0.1) is 5.92 Å². The lowest BCUT2D eigenvalue weighted by molar-refractivity contribution is 0.539. The molecule has 0 radical (unpaired) electrons. The molecule has 0 amide bonds. The van der Waals surface area contributed by atoms with Gasteiger partial charge in [0.25, 0.3) is 0 Å². The average molecular weight is 292 g/mol. The first-order chi connectivity index (χ1) is 8.11. The predicted octanol–water partition coefficient (Wildman–Crippen LogP) is 3.38. The van der Waals surface area contributed by atoms with Crippen molar-refractivity contribution in [1.82, 2.24) is 15.5 Å². The summed E-state index contributed by atoms with van der Waals surface area (Å²) in [6.07, 6.45) is 3.28. The lowest BCUT2D eigenvalue weighted by Gasteiger charge is -2.11. The molecule has 0 fully saturated rings. The van der Waals surface area contributed by atoms with Crippen LogP contribution in [0.1, 0.15) is 27.2 Å². The molecule has 1 heterocycles. The maximum Gasteiger partial charge on any atom is 0.175 e. The Kier molecular flexibility index (Phi) is 7.50. The first kappa shape index (κ1) is 15.3. The highest BCUT2D eigenvalue weighted by atomic mass is 32.2. The van der Waals surface area contributed by atoms with E-state index >= 15 is 0 Å². The van der Waals surface area contributed by atoms with Gasteiger partial charge in [0.2, 0.25) is 0 Å². The van der Waals surface area contributed by atoms with Crippen molar-refractivity contribution >= 4 is 34.9 Å². The van der Waals surface area contributed by atoms with E-state index < -0.39 is 0 Å². The molecular formula is C11H21N3S3. The maximum atomic E-state index is 4.17. The minimum atomic E-state index is 0.546. The van der Waals surface area contributed by atoms with Crippen molar-refractivity contribution in [2.24, 2.45) is 5.92 Å². The zero-order valence-corrected chi connectivity index (χ0v) is 13.3. The van der Waals surface area contributed by atoms with Gasteiger partial charge < -0.3 is 5.32 Å². The van der Waals surface area contributed by atoms with Crippen molar-refractivity contribution in [2.45, 2.75) is 41.1 Å². The third-order valence-corrected chi connectivity index (χ3v) is 5.28. The highest BCUT2D eigenvalue weighted by molar-refractivity contribution is 8.03. The molecule has 0 aliphatic heterocycles. The second-order valence-corrected chi connectivity index (χ2v) is 8.07. The maximum absolute atomic E-state index is 4.17. The van der Waals surface area contributed by atoms with Gasteiger partial charge >= 0.3 is 0 Å². The minimum Gasteiger partial charge on any atom is -0.316 e. The molecule has 0 saturated carbocycles. The molecule has 3 nitrogen and oxygen atoms in total. The van der Waals surface area contributed by atoms with E-state index in [1.807, 2.05) is 18.0 Å². The summed E-state index contributed by atoms with van der Waals surface area (Å²) < 4.78 is 2.12. The molecule has 98 valence electrons. The van der Waals surface area contributed by atoms with E-state index in [-0.39, 0.29) is 0 Å². The van der Waals surface area contributed by atoms with Crippen LogP contribution in [0.5, 0.6) is 0 Å². The van der Waals surface area contributed by atoms with Crippen LogP contribution in [0.15, 0.2) is 8.68 Å². The normalized spacial score (nSPS) is 13.2. The largest absolute Gasteiger partial charge is 0.316 e. The molecular weight excluding hydrogens is 270 g/mol. The zero-order valence-electron chi connectivity index (χ0n) is 10.9. The predicted molar refractivity (Wildman–Crippen MR) is 79.3 cm³/mol. The third kappa shape index (κ3) is 6.64. The molecule has 1 rings (SSSR count). The Hall–Kier alpha value is 0.220. The molecule has 0 bridgehead atoms. The summed E-state index contributed by atoms with van der Waals surface area (Å²) >= 11 is 5.15. The fourth-order valence-electron chi connectivity index (χ4n) is 1.24. The number of nitrogens with zero attached hydrogens (tertiary/aromatic N) is 2. The van der Waals surface area contributed by atoms with Gasteiger partial charge in [-0.05, 0) is 25.1 Å². The topological polar surface area (TPSA) is 37.8 Å². The second-order valence-electron chi connectivity index (χ2n) is 4.35. The van der Waals surface area contributed by atoms with Gasteiger partial charge in [0.15, 0.2) is 8.68 Å². The van der Waals surface area contributed by atoms with Crippen LogP contribution in [-0.2, 0) is 0 Å². The molecule has 0 aliphatic carbocycles. The quantitative estimate of drug-likeness (QED) is 0.587. The molecule has 6 heteroatoms. The molecule has 1 N–H and O–H groups in total. The lowest BCUT2D eigenvalue weighted by atomic mass is 10.1. The summed E-state index contributed by atoms with van der Waals surface area (Å²) in [5.41, 5.74) is 0. The van der Waals surface area contributed by atoms with Gasteiger partial charge in [0.05, 0.1) is 0 Å². The summed E-state index contributed by atoms with van der Waals surface area (Å²) in [6.45, 7) is 8.88. The van der Waals surface area contributed by atoms with E-state index in [0.29, 0.717) is 5.25 Å². The van der Waals surface area contributed by atoms with Gasteiger partial charge in [0, 0.05) is 11.8 Å². The summed E-state index contributed by atoms with van der Waals surface area (Å²) in [5, 5.41) is 12.3. The van der Waals surface area contributed by atoms with Crippen molar-refractivity contribution < 1.29 is 0 Å². The number of hydrogen-bond donors (Lipinski definition) is 1. The average Bonchev–Trinajstić information content (AvgIpc) is 2.72. The number of thioether (sulfide) groups is 2. The van der Waals surface area contributed by atoms with Gasteiger partial charge in [-0.15, -0.1) is 10.2 Å². The van der Waals surface area contributed by atoms with Crippen LogP contribution in [-0.4, -0.2) is 34.8 Å². The number of hydrogen-bond acceptors (Lipinski definition) is 6. The fourth-order valence-corrected chi connectivity index (χ4v) is 3.96. The molecule has 1 aromatic rings. The van der Waals surface area contributed by atoms with Crippen molar-refractivity contribution in [3.8, 4) is 0 Å². The third-order valence-electron chi connectivity index (χ3n) is 2.19. The first-order valence-corrected chi connectivity index (χ1v) is 8.78. The summed E-state index contributed by atoms with van der Waals surface area (Å²) in [6, 6.07) is 0. The van der Waals surface area contributed by atoms with E-state index in [2.05, 4.69) is 36.3 Å². The highest BCUT2D eigenvalue weighted by Crippen LogP contribution is 2.29. The van der Waals surface area contributed by atoms with Crippen molar-refractivity contribution in [3.63, 3.8) is 0 Å². The summed E-state index contributed by atoms with van der Waals surface area (Å²) in [7, 11) is 0. The van der Waals surface area contributed by atoms with E-state index in [4.69, 9.17) is 0 Å². The summed E-state index contributed by atoms with van der Waals surface area (Å²) in [4.78, 5) is 0. The number of rotatable bonds is 8. The minimum absolute atomic E-state index is 0.546. The molecule has 1 atom stereocenters. The van der Waals surface area contributed by atoms with Crippen molar-refractivity contribution in [2.75, 3.05) is 19.3 Å². The van der Waals surface area contributed by atoms with Gasteiger partial charge in [-0.2, -0.15) is 0 Å². The van der Waals surface area contributed by atoms with E-state index in [0.717, 1.165) is 27.7 Å². The van der Waals surface area contributed by atoms with Gasteiger partial charge in [0.1, 0.15) is 0 Å². The Balaban J connectivity index is 2.18. The van der Waals surface area contributed by atoms with Crippen LogP contribution in [0.3, 0.4) is 0 Å². The van der Waals surface area contributed by atoms with Crippen LogP contribution < -0.4 is 5.32 Å². The van der Waals surface area contributed by atoms with Crippen LogP contribution in [0.4, 0.5) is 0 Å². The Morgan fingerprint density at radius 3 is 2.53 bits per heavy atom. The van der Waals surface area contributed by atoms with Crippen LogP contribution in [0.2, 0.25) is 0 Å². The van der Waals surface area contributed by atoms with E-state index in [1.165, 1.54) is 6.42 Å². The molecule has 0 saturated heterocycles. The molecule has 0 aromatic carbocycles. The number of nitrogens with one attached hydrogen (secondary N) is 1. The van der Waals surface area contributed by atoms with Gasteiger partial charge in [-0.25, -0.2) is 0 Å². The Morgan fingerprint density at radius 2 is 1.94 bits per heavy atom. The summed E-state index contributed by atoms with van der Waals surface area (Å²) in [5.74, 6) is 0.776. The second kappa shape index (κ2) is 8.34.